The Morgan fingerprint density at radius 1 is 0.791 bits per heavy atom. The number of aromatic nitrogens is 1. The van der Waals surface area contributed by atoms with Crippen molar-refractivity contribution in [2.45, 2.75) is 29.9 Å². The Labute approximate surface area is 268 Å². The molecule has 232 valence electrons. The first-order chi connectivity index (χ1) is 19.0. The third-order valence-corrected chi connectivity index (χ3v) is 8.58. The van der Waals surface area contributed by atoms with E-state index in [0.717, 1.165) is 65.1 Å². The summed E-state index contributed by atoms with van der Waals surface area (Å²) in [6, 6.07) is 25.1. The first-order valence-corrected chi connectivity index (χ1v) is 13.7. The van der Waals surface area contributed by atoms with Crippen LogP contribution in [-0.2, 0) is 0 Å². The second kappa shape index (κ2) is 14.0. The van der Waals surface area contributed by atoms with Crippen LogP contribution in [0.25, 0.3) is 10.9 Å². The molecule has 4 atom stereocenters. The lowest BCUT2D eigenvalue weighted by Crippen LogP contribution is -2.50. The molecule has 6 nitrogen and oxygen atoms in total. The molecule has 1 aromatic heterocycles. The number of pyridine rings is 1. The molecule has 1 aliphatic heterocycles. The van der Waals surface area contributed by atoms with Gasteiger partial charge in [0.05, 0.1) is 23.4 Å². The minimum absolute atomic E-state index is 0. The summed E-state index contributed by atoms with van der Waals surface area (Å²) in [5.74, 6) is -3.46. The van der Waals surface area contributed by atoms with E-state index >= 15 is 0 Å². The Morgan fingerprint density at radius 3 is 1.98 bits per heavy atom. The average Bonchev–Trinajstić information content (AvgIpc) is 3.58. The molecule has 11 heteroatoms. The van der Waals surface area contributed by atoms with Gasteiger partial charge in [-0.3, -0.25) is 14.8 Å². The largest absolute Gasteiger partial charge is 0.490 e. The summed E-state index contributed by atoms with van der Waals surface area (Å²) in [6.07, 6.45) is 1.13. The maximum Gasteiger partial charge on any atom is 0.263 e. The smallest absolute Gasteiger partial charge is 0.263 e. The van der Waals surface area contributed by atoms with Crippen molar-refractivity contribution < 1.29 is 24.1 Å². The second-order valence-electron chi connectivity index (χ2n) is 10.9. The van der Waals surface area contributed by atoms with Gasteiger partial charge < -0.3 is 15.3 Å². The number of fused-ring (bicyclic) bond motifs is 6. The maximum absolute atomic E-state index is 15.0. The van der Waals surface area contributed by atoms with Gasteiger partial charge in [-0.1, -0.05) is 54.6 Å². The molecule has 0 radical (unpaired) electrons. The Morgan fingerprint density at radius 2 is 1.37 bits per heavy atom. The van der Waals surface area contributed by atoms with Crippen molar-refractivity contribution in [1.82, 2.24) is 14.8 Å². The summed E-state index contributed by atoms with van der Waals surface area (Å²) in [6.45, 7) is 3.89. The normalized spacial score (nSPS) is 22.4. The molecule has 43 heavy (non-hydrogen) atoms. The summed E-state index contributed by atoms with van der Waals surface area (Å²) in [5, 5.41) is 11.7. The van der Waals surface area contributed by atoms with Crippen LogP contribution in [0.15, 0.2) is 85.1 Å². The Hall–Kier alpha value is -2.56. The van der Waals surface area contributed by atoms with Gasteiger partial charge in [0.15, 0.2) is 0 Å². The summed E-state index contributed by atoms with van der Waals surface area (Å²) in [5.41, 5.74) is 4.44. The van der Waals surface area contributed by atoms with Gasteiger partial charge in [-0.05, 0) is 46.5 Å². The van der Waals surface area contributed by atoms with Crippen molar-refractivity contribution in [1.29, 1.82) is 0 Å². The van der Waals surface area contributed by atoms with Crippen LogP contribution in [-0.4, -0.2) is 76.7 Å². The van der Waals surface area contributed by atoms with Gasteiger partial charge in [0.1, 0.15) is 18.5 Å². The van der Waals surface area contributed by atoms with Crippen LogP contribution in [0.2, 0.25) is 0 Å². The second-order valence-corrected chi connectivity index (χ2v) is 10.9. The van der Waals surface area contributed by atoms with Crippen molar-refractivity contribution in [3.63, 3.8) is 0 Å². The predicted octanol–water partition coefficient (Wildman–Crippen LogP) is 5.65. The van der Waals surface area contributed by atoms with Gasteiger partial charge in [-0.2, -0.15) is 0 Å². The zero-order chi connectivity index (χ0) is 26.6. The van der Waals surface area contributed by atoms with Crippen LogP contribution in [0.4, 0.5) is 8.78 Å². The van der Waals surface area contributed by atoms with E-state index in [-0.39, 0.29) is 55.3 Å². The van der Waals surface area contributed by atoms with Gasteiger partial charge in [0, 0.05) is 44.3 Å². The fourth-order valence-electron chi connectivity index (χ4n) is 6.69. The van der Waals surface area contributed by atoms with E-state index in [2.05, 4.69) is 14.8 Å². The number of aliphatic hydroxyl groups is 1. The third kappa shape index (κ3) is 6.33. The number of aliphatic hydroxyl groups excluding tert-OH is 1. The van der Waals surface area contributed by atoms with Crippen molar-refractivity contribution >= 4 is 48.1 Å². The molecular weight excluding hydrogens is 619 g/mol. The first kappa shape index (κ1) is 34.9. The Bertz CT molecular complexity index is 1460. The van der Waals surface area contributed by atoms with E-state index in [1.54, 1.807) is 6.20 Å². The molecule has 2 aliphatic carbocycles. The number of hydrogen-bond donors (Lipinski definition) is 1. The van der Waals surface area contributed by atoms with Crippen molar-refractivity contribution in [3.05, 3.63) is 107 Å². The lowest BCUT2D eigenvalue weighted by molar-refractivity contribution is 0.0400. The number of rotatable bonds is 6. The van der Waals surface area contributed by atoms with Gasteiger partial charge >= 0.3 is 0 Å². The highest BCUT2D eigenvalue weighted by Gasteiger charge is 2.71. The monoisotopic (exact) mass is 653 g/mol. The highest BCUT2D eigenvalue weighted by atomic mass is 35.5. The summed E-state index contributed by atoms with van der Waals surface area (Å²) in [4.78, 5) is 9.04. The Balaban J connectivity index is 0.00000127. The highest BCUT2D eigenvalue weighted by molar-refractivity contribution is 5.86. The average molecular weight is 655 g/mol. The summed E-state index contributed by atoms with van der Waals surface area (Å²) < 4.78 is 35.9. The standard InChI is InChI=1S/C32H31F2N3O2.3ClH.H2O/c33-32(34)29-22-7-1-3-9-24(22)31(25-10-4-2-8-23(25)30(29)32)37-17-15-36(16-18-37)19-21(38)20-39-28-13-5-12-27-26(28)11-6-14-35-27;;;;/h1-14,21,29-31,38H,15-20H2;3*1H;1H2/t21-,29-,30+,31?;;;;/m1..../s1. The molecule has 0 amide bonds. The topological polar surface area (TPSA) is 80.3 Å². The molecule has 3 aromatic carbocycles. The van der Waals surface area contributed by atoms with Crippen LogP contribution in [0.3, 0.4) is 0 Å². The molecule has 7 rings (SSSR count). The van der Waals surface area contributed by atoms with Crippen molar-refractivity contribution in [3.8, 4) is 5.75 Å². The lowest BCUT2D eigenvalue weighted by Gasteiger charge is -2.41. The molecule has 2 fully saturated rings. The fourth-order valence-corrected chi connectivity index (χ4v) is 6.69. The zero-order valence-electron chi connectivity index (χ0n) is 23.3. The number of benzene rings is 3. The van der Waals surface area contributed by atoms with Gasteiger partial charge in [0.2, 0.25) is 0 Å². The highest BCUT2D eigenvalue weighted by Crippen LogP contribution is 2.70. The third-order valence-electron chi connectivity index (χ3n) is 8.58. The maximum atomic E-state index is 15.0. The fraction of sp³-hybridized carbons (Fsp3) is 0.344. The molecule has 4 aromatic rings. The van der Waals surface area contributed by atoms with E-state index in [1.165, 1.54) is 0 Å². The van der Waals surface area contributed by atoms with E-state index < -0.39 is 23.9 Å². The molecule has 2 heterocycles. The number of β-amino-alcohol motifs (C(OH)–C–C–N with tert-alkyl or cyclic N) is 1. The lowest BCUT2D eigenvalue weighted by atomic mass is 9.90. The molecular formula is C32H36Cl3F2N3O3. The van der Waals surface area contributed by atoms with E-state index in [0.29, 0.717) is 6.54 Å². The Kier molecular flexibility index (Phi) is 11.4. The number of nitrogens with zero attached hydrogens (tertiary/aromatic N) is 3. The van der Waals surface area contributed by atoms with Crippen LogP contribution >= 0.6 is 37.2 Å². The van der Waals surface area contributed by atoms with Crippen molar-refractivity contribution in [2.24, 2.45) is 0 Å². The molecule has 0 spiro atoms. The summed E-state index contributed by atoms with van der Waals surface area (Å²) in [7, 11) is 0. The number of alkyl halides is 2. The molecule has 0 bridgehead atoms. The molecule has 1 unspecified atom stereocenters. The van der Waals surface area contributed by atoms with Gasteiger partial charge in [-0.25, -0.2) is 8.78 Å². The quantitative estimate of drug-likeness (QED) is 0.291. The van der Waals surface area contributed by atoms with E-state index in [1.807, 2.05) is 78.9 Å². The van der Waals surface area contributed by atoms with Crippen molar-refractivity contribution in [2.75, 3.05) is 39.3 Å². The molecule has 1 saturated carbocycles. The molecule has 3 aliphatic rings. The first-order valence-electron chi connectivity index (χ1n) is 13.7. The minimum atomic E-state index is -2.70. The van der Waals surface area contributed by atoms with E-state index in [9.17, 15) is 13.9 Å². The van der Waals surface area contributed by atoms with Crippen LogP contribution < -0.4 is 4.74 Å². The number of hydrogen-bond acceptors (Lipinski definition) is 5. The SMILES string of the molecule is Cl.Cl.Cl.O.O[C@@H](COc1cccc2ncccc12)CN1CCN(C2c3ccccc3[C@@H]3[C@H](c4ccccc42)C3(F)F)CC1. The molecule has 3 N–H and O–H groups in total. The van der Waals surface area contributed by atoms with Crippen LogP contribution in [0.5, 0.6) is 5.75 Å². The number of ether oxygens (including phenoxy) is 1. The van der Waals surface area contributed by atoms with Crippen LogP contribution in [0.1, 0.15) is 40.1 Å². The van der Waals surface area contributed by atoms with Gasteiger partial charge in [-0.15, -0.1) is 37.2 Å². The van der Waals surface area contributed by atoms with E-state index in [4.69, 9.17) is 4.74 Å². The van der Waals surface area contributed by atoms with Crippen LogP contribution in [0, 0.1) is 0 Å². The summed E-state index contributed by atoms with van der Waals surface area (Å²) >= 11 is 0. The van der Waals surface area contributed by atoms with Gasteiger partial charge in [0.25, 0.3) is 5.92 Å². The zero-order valence-corrected chi connectivity index (χ0v) is 25.8. The number of halogens is 5. The molecule has 1 saturated heterocycles. The predicted molar refractivity (Wildman–Crippen MR) is 172 cm³/mol. The number of piperazine rings is 1. The minimum Gasteiger partial charge on any atom is -0.490 e.